The molecule has 2 heterocycles. The second-order valence-corrected chi connectivity index (χ2v) is 11.9. The van der Waals surface area contributed by atoms with E-state index in [1.807, 2.05) is 43.3 Å². The average Bonchev–Trinajstić information content (AvgIpc) is 3.34. The summed E-state index contributed by atoms with van der Waals surface area (Å²) in [6, 6.07) is 14.8. The molecule has 180 valence electrons. The number of phenolic OH excluding ortho intramolecular Hbond substituents is 1. The normalized spacial score (nSPS) is 12.2. The number of allylic oxidation sites excluding steroid dienone is 1. The quantitative estimate of drug-likeness (QED) is 0.202. The first-order chi connectivity index (χ1) is 16.8. The number of aromatic hydroxyl groups is 1. The molecule has 0 atom stereocenters. The minimum absolute atomic E-state index is 0.0961. The Balaban J connectivity index is 1.75. The van der Waals surface area contributed by atoms with Gasteiger partial charge in [-0.2, -0.15) is 0 Å². The van der Waals surface area contributed by atoms with E-state index in [2.05, 4.69) is 14.7 Å². The highest BCUT2D eigenvalue weighted by molar-refractivity contribution is 7.99. The van der Waals surface area contributed by atoms with E-state index in [1.165, 1.54) is 23.1 Å². The number of para-hydroxylation sites is 1. The molecule has 0 spiro atoms. The monoisotopic (exact) mass is 523 g/mol. The highest BCUT2D eigenvalue weighted by Gasteiger charge is 2.22. The minimum atomic E-state index is -3.81. The zero-order valence-electron chi connectivity index (χ0n) is 19.5. The summed E-state index contributed by atoms with van der Waals surface area (Å²) >= 11 is 2.56. The average molecular weight is 524 g/mol. The van der Waals surface area contributed by atoms with Crippen LogP contribution in [-0.4, -0.2) is 31.8 Å². The van der Waals surface area contributed by atoms with Gasteiger partial charge in [0.1, 0.15) is 9.96 Å². The Hall–Kier alpha value is -3.14. The maximum atomic E-state index is 13.2. The van der Waals surface area contributed by atoms with Gasteiger partial charge in [-0.3, -0.25) is 9.71 Å². The number of pyridine rings is 1. The number of hydrogen-bond donors (Lipinski definition) is 2. The summed E-state index contributed by atoms with van der Waals surface area (Å²) in [5, 5.41) is 12.1. The molecule has 0 saturated heterocycles. The first kappa shape index (κ1) is 25.0. The van der Waals surface area contributed by atoms with Crippen molar-refractivity contribution >= 4 is 62.0 Å². The third-order valence-corrected chi connectivity index (χ3v) is 9.39. The number of aliphatic imine (C=N–C) groups is 1. The number of hydrogen-bond acceptors (Lipinski definition) is 7. The van der Waals surface area contributed by atoms with E-state index in [0.717, 1.165) is 20.7 Å². The molecule has 0 amide bonds. The van der Waals surface area contributed by atoms with E-state index in [9.17, 15) is 13.5 Å². The molecule has 9 heteroatoms. The van der Waals surface area contributed by atoms with Crippen LogP contribution in [0.2, 0.25) is 0 Å². The van der Waals surface area contributed by atoms with Crippen LogP contribution in [0.25, 0.3) is 17.0 Å². The Kier molecular flexibility index (Phi) is 7.59. The highest BCUT2D eigenvalue weighted by atomic mass is 32.2. The number of benzene rings is 2. The molecule has 6 nitrogen and oxygen atoms in total. The predicted octanol–water partition coefficient (Wildman–Crippen LogP) is 6.54. The molecule has 0 saturated carbocycles. The van der Waals surface area contributed by atoms with Crippen molar-refractivity contribution in [3.63, 3.8) is 0 Å². The van der Waals surface area contributed by atoms with Crippen LogP contribution in [0.5, 0.6) is 5.75 Å². The minimum Gasteiger partial charge on any atom is -0.506 e. The Morgan fingerprint density at radius 1 is 1.17 bits per heavy atom. The first-order valence-electron chi connectivity index (χ1n) is 10.9. The molecular weight excluding hydrogens is 499 g/mol. The summed E-state index contributed by atoms with van der Waals surface area (Å²) in [5.74, 6) is 0.0961. The molecule has 35 heavy (non-hydrogen) atoms. The van der Waals surface area contributed by atoms with Gasteiger partial charge >= 0.3 is 0 Å². The summed E-state index contributed by atoms with van der Waals surface area (Å²) < 4.78 is 29.4. The van der Waals surface area contributed by atoms with Crippen molar-refractivity contribution in [2.75, 3.05) is 11.8 Å². The van der Waals surface area contributed by atoms with Crippen molar-refractivity contribution < 1.29 is 13.5 Å². The van der Waals surface area contributed by atoms with Crippen molar-refractivity contribution in [1.82, 2.24) is 4.98 Å². The topological polar surface area (TPSA) is 91.7 Å². The molecule has 0 radical (unpaired) electrons. The van der Waals surface area contributed by atoms with Gasteiger partial charge in [0, 0.05) is 46.6 Å². The van der Waals surface area contributed by atoms with Crippen LogP contribution in [0.15, 0.2) is 79.8 Å². The van der Waals surface area contributed by atoms with Crippen LogP contribution in [0.3, 0.4) is 0 Å². The van der Waals surface area contributed by atoms with E-state index in [0.29, 0.717) is 28.1 Å². The molecule has 0 aliphatic rings. The van der Waals surface area contributed by atoms with Gasteiger partial charge in [-0.25, -0.2) is 8.42 Å². The van der Waals surface area contributed by atoms with Gasteiger partial charge in [0.2, 0.25) is 0 Å². The molecule has 0 aliphatic carbocycles. The van der Waals surface area contributed by atoms with Gasteiger partial charge in [0.15, 0.2) is 0 Å². The van der Waals surface area contributed by atoms with Crippen LogP contribution in [0, 0.1) is 6.92 Å². The zero-order valence-corrected chi connectivity index (χ0v) is 22.0. The van der Waals surface area contributed by atoms with Crippen molar-refractivity contribution in [1.29, 1.82) is 0 Å². The molecule has 0 bridgehead atoms. The third-order valence-electron chi connectivity index (χ3n) is 5.34. The number of nitrogens with zero attached hydrogens (tertiary/aromatic N) is 2. The molecule has 2 aromatic carbocycles. The van der Waals surface area contributed by atoms with Gasteiger partial charge in [0.25, 0.3) is 10.0 Å². The molecule has 0 fully saturated rings. The summed E-state index contributed by atoms with van der Waals surface area (Å²) in [4.78, 5) is 10.8. The smallest absolute Gasteiger partial charge is 0.271 e. The molecule has 2 aromatic heterocycles. The standard InChI is InChI=1S/C26H25N3O3S3/c1-4-7-20-17(2)21(29-35(31,32)24-12-11-19(33-24)13-15-27-3)16-23(26(20)30)34-22-10-5-8-18-9-6-14-28-25(18)22/h4-12,14-16,29-30H,13H2,1-3H3/b7-4-,27-15?. The molecule has 0 unspecified atom stereocenters. The largest absolute Gasteiger partial charge is 0.506 e. The van der Waals surface area contributed by atoms with E-state index >= 15 is 0 Å². The number of sulfonamides is 1. The SMILES string of the molecule is C/C=C\c1c(C)c(NS(=O)(=O)c2ccc(CC=NC)s2)cc(Sc2cccc3cccnc23)c1O. The third kappa shape index (κ3) is 5.42. The predicted molar refractivity (Wildman–Crippen MR) is 147 cm³/mol. The van der Waals surface area contributed by atoms with E-state index < -0.39 is 10.0 Å². The molecule has 4 aromatic rings. The number of aromatic nitrogens is 1. The van der Waals surface area contributed by atoms with Crippen LogP contribution < -0.4 is 4.72 Å². The number of rotatable bonds is 8. The number of nitrogens with one attached hydrogen (secondary N) is 1. The van der Waals surface area contributed by atoms with Crippen molar-refractivity contribution in [2.45, 2.75) is 34.3 Å². The Morgan fingerprint density at radius 2 is 1.97 bits per heavy atom. The van der Waals surface area contributed by atoms with E-state index in [1.54, 1.807) is 50.7 Å². The second kappa shape index (κ2) is 10.6. The van der Waals surface area contributed by atoms with Gasteiger partial charge in [-0.15, -0.1) is 11.3 Å². The zero-order chi connectivity index (χ0) is 25.0. The van der Waals surface area contributed by atoms with Gasteiger partial charge in [-0.1, -0.05) is 42.1 Å². The summed E-state index contributed by atoms with van der Waals surface area (Å²) in [7, 11) is -2.13. The fourth-order valence-electron chi connectivity index (χ4n) is 3.58. The molecule has 0 aliphatic heterocycles. The van der Waals surface area contributed by atoms with E-state index in [4.69, 9.17) is 0 Å². The van der Waals surface area contributed by atoms with Crippen LogP contribution in [-0.2, 0) is 16.4 Å². The maximum Gasteiger partial charge on any atom is 0.271 e. The van der Waals surface area contributed by atoms with Crippen LogP contribution >= 0.6 is 23.1 Å². The number of anilines is 1. The molecule has 2 N–H and O–H groups in total. The lowest BCUT2D eigenvalue weighted by molar-refractivity contribution is 0.461. The Labute approximate surface area is 213 Å². The van der Waals surface area contributed by atoms with Crippen LogP contribution in [0.1, 0.15) is 22.9 Å². The molecule has 4 rings (SSSR count). The molecular formula is C26H25N3O3S3. The fourth-order valence-corrected chi connectivity index (χ4v) is 7.04. The van der Waals surface area contributed by atoms with Gasteiger partial charge in [-0.05, 0) is 49.7 Å². The lowest BCUT2D eigenvalue weighted by atomic mass is 10.1. The fraction of sp³-hybridized carbons (Fsp3) is 0.154. The Morgan fingerprint density at radius 3 is 2.74 bits per heavy atom. The van der Waals surface area contributed by atoms with Crippen molar-refractivity contribution in [3.05, 3.63) is 76.8 Å². The van der Waals surface area contributed by atoms with Gasteiger partial charge in [0.05, 0.1) is 16.1 Å². The van der Waals surface area contributed by atoms with Crippen molar-refractivity contribution in [2.24, 2.45) is 4.99 Å². The maximum absolute atomic E-state index is 13.2. The van der Waals surface area contributed by atoms with E-state index in [-0.39, 0.29) is 9.96 Å². The second-order valence-electron chi connectivity index (χ2n) is 7.71. The summed E-state index contributed by atoms with van der Waals surface area (Å²) in [6.45, 7) is 3.64. The number of thiophene rings is 1. The lowest BCUT2D eigenvalue weighted by Crippen LogP contribution is -2.13. The first-order valence-corrected chi connectivity index (χ1v) is 14.0. The lowest BCUT2D eigenvalue weighted by Gasteiger charge is -2.17. The summed E-state index contributed by atoms with van der Waals surface area (Å²) in [6.07, 6.45) is 7.65. The van der Waals surface area contributed by atoms with Crippen molar-refractivity contribution in [3.8, 4) is 5.75 Å². The van der Waals surface area contributed by atoms with Gasteiger partial charge < -0.3 is 10.1 Å². The number of phenols is 1. The number of fused-ring (bicyclic) bond motifs is 1. The summed E-state index contributed by atoms with van der Waals surface area (Å²) in [5.41, 5.74) is 2.43. The van der Waals surface area contributed by atoms with Crippen LogP contribution in [0.4, 0.5) is 5.69 Å². The highest BCUT2D eigenvalue weighted by Crippen LogP contribution is 2.43. The Bertz CT molecular complexity index is 1530.